The van der Waals surface area contributed by atoms with Crippen LogP contribution in [-0.2, 0) is 11.3 Å². The van der Waals surface area contributed by atoms with Crippen LogP contribution in [-0.4, -0.2) is 60.4 Å². The van der Waals surface area contributed by atoms with Gasteiger partial charge in [-0.3, -0.25) is 9.80 Å². The predicted molar refractivity (Wildman–Crippen MR) is 90.3 cm³/mol. The zero-order valence-corrected chi connectivity index (χ0v) is 14.7. The lowest BCUT2D eigenvalue weighted by molar-refractivity contribution is -0.0182. The van der Waals surface area contributed by atoms with Gasteiger partial charge in [0.1, 0.15) is 5.76 Å². The second-order valence-corrected chi connectivity index (χ2v) is 7.22. The van der Waals surface area contributed by atoms with Crippen LogP contribution in [0.25, 0.3) is 0 Å². The highest BCUT2D eigenvalue weighted by Gasteiger charge is 2.22. The third-order valence-corrected chi connectivity index (χ3v) is 5.30. The van der Waals surface area contributed by atoms with E-state index in [9.17, 15) is 0 Å². The van der Waals surface area contributed by atoms with Gasteiger partial charge in [0.25, 0.3) is 0 Å². The molecule has 0 N–H and O–H groups in total. The highest BCUT2D eigenvalue weighted by Crippen LogP contribution is 2.26. The molecule has 1 saturated carbocycles. The van der Waals surface area contributed by atoms with Gasteiger partial charge in [-0.15, -0.1) is 0 Å². The number of hydrogen-bond donors (Lipinski definition) is 0. The largest absolute Gasteiger partial charge is 0.377 e. The highest BCUT2D eigenvalue weighted by molar-refractivity contribution is 5.03. The SMILES string of the molecule is Cc1cc(CN2CCN(CCO[C@H]3CCCC[C@@H]3C)CC2)no1. The Morgan fingerprint density at radius 2 is 1.91 bits per heavy atom. The molecule has 3 rings (SSSR count). The minimum atomic E-state index is 0.500. The topological polar surface area (TPSA) is 41.7 Å². The smallest absolute Gasteiger partial charge is 0.133 e. The lowest BCUT2D eigenvalue weighted by atomic mass is 9.88. The Morgan fingerprint density at radius 3 is 2.61 bits per heavy atom. The van der Waals surface area contributed by atoms with Gasteiger partial charge in [-0.05, 0) is 25.7 Å². The Bertz CT molecular complexity index is 469. The van der Waals surface area contributed by atoms with Crippen molar-refractivity contribution in [1.82, 2.24) is 15.0 Å². The summed E-state index contributed by atoms with van der Waals surface area (Å²) in [7, 11) is 0. The number of rotatable bonds is 6. The second kappa shape index (κ2) is 8.27. The Balaban J connectivity index is 1.31. The van der Waals surface area contributed by atoms with Crippen molar-refractivity contribution < 1.29 is 9.26 Å². The molecule has 2 atom stereocenters. The first-order valence-electron chi connectivity index (χ1n) is 9.19. The molecule has 1 aliphatic heterocycles. The summed E-state index contributed by atoms with van der Waals surface area (Å²) in [5.41, 5.74) is 1.05. The van der Waals surface area contributed by atoms with Crippen LogP contribution in [0.5, 0.6) is 0 Å². The van der Waals surface area contributed by atoms with Gasteiger partial charge >= 0.3 is 0 Å². The quantitative estimate of drug-likeness (QED) is 0.806. The van der Waals surface area contributed by atoms with Crippen molar-refractivity contribution in [2.24, 2.45) is 5.92 Å². The first-order chi connectivity index (χ1) is 11.2. The molecule has 0 amide bonds. The molecule has 1 aliphatic carbocycles. The molecule has 1 aromatic rings. The van der Waals surface area contributed by atoms with Crippen molar-refractivity contribution in [3.8, 4) is 0 Å². The molecule has 0 radical (unpaired) electrons. The van der Waals surface area contributed by atoms with Crippen LogP contribution >= 0.6 is 0 Å². The van der Waals surface area contributed by atoms with Gasteiger partial charge in [-0.25, -0.2) is 0 Å². The molecule has 0 unspecified atom stereocenters. The molecule has 5 nitrogen and oxygen atoms in total. The van der Waals surface area contributed by atoms with Gasteiger partial charge in [0.2, 0.25) is 0 Å². The standard InChI is InChI=1S/C18H31N3O2/c1-15-5-3-4-6-18(15)22-12-11-20-7-9-21(10-8-20)14-17-13-16(2)23-19-17/h13,15,18H,3-12,14H2,1-2H3/t15-,18-/m0/s1. The minimum absolute atomic E-state index is 0.500. The van der Waals surface area contributed by atoms with E-state index in [2.05, 4.69) is 21.9 Å². The monoisotopic (exact) mass is 321 g/mol. The summed E-state index contributed by atoms with van der Waals surface area (Å²) in [6, 6.07) is 2.03. The van der Waals surface area contributed by atoms with E-state index in [1.54, 1.807) is 0 Å². The van der Waals surface area contributed by atoms with Gasteiger partial charge < -0.3 is 9.26 Å². The molecule has 2 aliphatic rings. The Kier molecular flexibility index (Phi) is 6.08. The Morgan fingerprint density at radius 1 is 1.17 bits per heavy atom. The maximum absolute atomic E-state index is 6.15. The Hall–Kier alpha value is -0.910. The molecule has 0 bridgehead atoms. The number of ether oxygens (including phenoxy) is 1. The molecule has 2 heterocycles. The fraction of sp³-hybridized carbons (Fsp3) is 0.833. The van der Waals surface area contributed by atoms with Crippen molar-refractivity contribution in [3.05, 3.63) is 17.5 Å². The third-order valence-electron chi connectivity index (χ3n) is 5.30. The van der Waals surface area contributed by atoms with Crippen LogP contribution in [0.15, 0.2) is 10.6 Å². The maximum atomic E-state index is 6.15. The van der Waals surface area contributed by atoms with E-state index >= 15 is 0 Å². The van der Waals surface area contributed by atoms with Gasteiger partial charge in [0, 0.05) is 45.3 Å². The average Bonchev–Trinajstić information content (AvgIpc) is 2.96. The van der Waals surface area contributed by atoms with Gasteiger partial charge in [0.05, 0.1) is 18.4 Å². The lowest BCUT2D eigenvalue weighted by Gasteiger charge is -2.35. The number of aryl methyl sites for hydroxylation is 1. The van der Waals surface area contributed by atoms with Crippen LogP contribution in [0.1, 0.15) is 44.1 Å². The van der Waals surface area contributed by atoms with Crippen molar-refractivity contribution in [3.63, 3.8) is 0 Å². The van der Waals surface area contributed by atoms with E-state index in [1.165, 1.54) is 25.7 Å². The fourth-order valence-electron chi connectivity index (χ4n) is 3.76. The first-order valence-corrected chi connectivity index (χ1v) is 9.19. The maximum Gasteiger partial charge on any atom is 0.133 e. The number of aromatic nitrogens is 1. The molecule has 1 aromatic heterocycles. The van der Waals surface area contributed by atoms with Crippen LogP contribution < -0.4 is 0 Å². The van der Waals surface area contributed by atoms with E-state index in [0.717, 1.165) is 63.2 Å². The number of piperazine rings is 1. The fourth-order valence-corrected chi connectivity index (χ4v) is 3.76. The summed E-state index contributed by atoms with van der Waals surface area (Å²) < 4.78 is 11.3. The van der Waals surface area contributed by atoms with Gasteiger partial charge in [-0.1, -0.05) is 24.9 Å². The molecular weight excluding hydrogens is 290 g/mol. The van der Waals surface area contributed by atoms with Crippen LogP contribution in [0.2, 0.25) is 0 Å². The zero-order valence-electron chi connectivity index (χ0n) is 14.7. The van der Waals surface area contributed by atoms with Crippen molar-refractivity contribution in [2.75, 3.05) is 39.3 Å². The van der Waals surface area contributed by atoms with Crippen LogP contribution in [0.3, 0.4) is 0 Å². The summed E-state index contributed by atoms with van der Waals surface area (Å²) in [5, 5.41) is 4.09. The van der Waals surface area contributed by atoms with E-state index in [-0.39, 0.29) is 0 Å². The summed E-state index contributed by atoms with van der Waals surface area (Å²) >= 11 is 0. The normalized spacial score (nSPS) is 27.4. The molecule has 0 spiro atoms. The van der Waals surface area contributed by atoms with Crippen molar-refractivity contribution in [2.45, 2.75) is 52.2 Å². The second-order valence-electron chi connectivity index (χ2n) is 7.22. The first kappa shape index (κ1) is 16.9. The lowest BCUT2D eigenvalue weighted by Crippen LogP contribution is -2.47. The van der Waals surface area contributed by atoms with Crippen LogP contribution in [0, 0.1) is 12.8 Å². The summed E-state index contributed by atoms with van der Waals surface area (Å²) in [4.78, 5) is 4.98. The molecule has 2 fully saturated rings. The zero-order chi connectivity index (χ0) is 16.1. The van der Waals surface area contributed by atoms with Crippen molar-refractivity contribution >= 4 is 0 Å². The van der Waals surface area contributed by atoms with E-state index in [4.69, 9.17) is 9.26 Å². The molecule has 5 heteroatoms. The third kappa shape index (κ3) is 5.03. The molecule has 23 heavy (non-hydrogen) atoms. The van der Waals surface area contributed by atoms with Gasteiger partial charge in [0.15, 0.2) is 0 Å². The van der Waals surface area contributed by atoms with Crippen LogP contribution in [0.4, 0.5) is 0 Å². The van der Waals surface area contributed by atoms with E-state index < -0.39 is 0 Å². The molecule has 130 valence electrons. The Labute approximate surface area is 139 Å². The highest BCUT2D eigenvalue weighted by atomic mass is 16.5. The van der Waals surface area contributed by atoms with Crippen molar-refractivity contribution in [1.29, 1.82) is 0 Å². The molecule has 1 saturated heterocycles. The number of nitrogens with zero attached hydrogens (tertiary/aromatic N) is 3. The summed E-state index contributed by atoms with van der Waals surface area (Å²) in [6.07, 6.45) is 5.82. The summed E-state index contributed by atoms with van der Waals surface area (Å²) in [5.74, 6) is 1.64. The average molecular weight is 321 g/mol. The van der Waals surface area contributed by atoms with E-state index in [0.29, 0.717) is 6.10 Å². The summed E-state index contributed by atoms with van der Waals surface area (Å²) in [6.45, 7) is 11.6. The minimum Gasteiger partial charge on any atom is -0.377 e. The van der Waals surface area contributed by atoms with E-state index in [1.807, 2.05) is 13.0 Å². The molecular formula is C18H31N3O2. The molecule has 0 aromatic carbocycles. The number of hydrogen-bond acceptors (Lipinski definition) is 5. The van der Waals surface area contributed by atoms with Gasteiger partial charge in [-0.2, -0.15) is 0 Å². The predicted octanol–water partition coefficient (Wildman–Crippen LogP) is 2.70.